The lowest BCUT2D eigenvalue weighted by Crippen LogP contribution is -2.42. The van der Waals surface area contributed by atoms with Crippen LogP contribution in [0.1, 0.15) is 41.0 Å². The highest BCUT2D eigenvalue weighted by molar-refractivity contribution is 5.77. The first-order valence-electron chi connectivity index (χ1n) is 10.0. The summed E-state index contributed by atoms with van der Waals surface area (Å²) in [5.74, 6) is 0.497. The average molecular weight is 404 g/mol. The Kier molecular flexibility index (Phi) is 21.0. The van der Waals surface area contributed by atoms with E-state index in [1.54, 1.807) is 14.0 Å². The Morgan fingerprint density at radius 3 is 1.43 bits per heavy atom. The molecule has 0 spiro atoms. The maximum atomic E-state index is 10.9. The molecule has 8 nitrogen and oxygen atoms in total. The Bertz CT molecular complexity index is 403. The molecule has 0 aromatic rings. The second-order valence-corrected chi connectivity index (χ2v) is 6.57. The molecule has 0 saturated carbocycles. The van der Waals surface area contributed by atoms with Crippen molar-refractivity contribution in [2.24, 2.45) is 0 Å². The maximum absolute atomic E-state index is 10.9. The molecule has 28 heavy (non-hydrogen) atoms. The van der Waals surface area contributed by atoms with Gasteiger partial charge < -0.3 is 24.4 Å². The molecule has 0 radical (unpaired) electrons. The molecule has 2 saturated heterocycles. The molecular weight excluding hydrogens is 362 g/mol. The highest BCUT2D eigenvalue weighted by Gasteiger charge is 2.12. The fourth-order valence-electron chi connectivity index (χ4n) is 1.96. The maximum Gasteiger partial charge on any atom is 0.233 e. The van der Waals surface area contributed by atoms with Gasteiger partial charge in [-0.15, -0.1) is 0 Å². The molecule has 2 aliphatic heterocycles. The van der Waals surface area contributed by atoms with E-state index in [1.807, 2.05) is 6.92 Å². The predicted octanol–water partition coefficient (Wildman–Crippen LogP) is 0.984. The molecule has 0 atom stereocenters. The Balaban J connectivity index is 0. The summed E-state index contributed by atoms with van der Waals surface area (Å²) in [6, 6.07) is 0. The van der Waals surface area contributed by atoms with E-state index in [0.29, 0.717) is 13.0 Å². The number of amides is 1. The molecule has 0 aliphatic carbocycles. The topological polar surface area (TPSA) is 88.2 Å². The number of ketones is 2. The van der Waals surface area contributed by atoms with Gasteiger partial charge in [0.1, 0.15) is 11.6 Å². The van der Waals surface area contributed by atoms with Crippen molar-refractivity contribution < 1.29 is 23.9 Å². The lowest BCUT2D eigenvalue weighted by molar-refractivity contribution is -0.122. The third-order valence-corrected chi connectivity index (χ3v) is 3.80. The quantitative estimate of drug-likeness (QED) is 0.749. The predicted molar refractivity (Wildman–Crippen MR) is 112 cm³/mol. The van der Waals surface area contributed by atoms with Gasteiger partial charge in [-0.2, -0.15) is 0 Å². The van der Waals surface area contributed by atoms with E-state index in [9.17, 15) is 14.4 Å². The molecule has 0 aromatic heterocycles. The third-order valence-electron chi connectivity index (χ3n) is 3.80. The molecule has 1 N–H and O–H groups in total. The van der Waals surface area contributed by atoms with Crippen LogP contribution >= 0.6 is 0 Å². The standard InChI is InChI=1S/C7H14N2O2.C6H13NO.C4H8O.C3H6O/c1-8-7(10)6-9-2-4-11-5-3-9;1-2-7-3-5-8-6-4-7;1-3-4(2)5;1-3(2)4/h2-6H2,1H3,(H,8,10);2-6H2,1H3;3H2,1-2H3;1-2H3. The van der Waals surface area contributed by atoms with Crippen LogP contribution < -0.4 is 5.32 Å². The summed E-state index contributed by atoms with van der Waals surface area (Å²) >= 11 is 0. The van der Waals surface area contributed by atoms with Gasteiger partial charge in [0.2, 0.25) is 5.91 Å². The number of likely N-dealkylation sites (N-methyl/N-ethyl adjacent to an activating group) is 2. The Morgan fingerprint density at radius 2 is 1.18 bits per heavy atom. The minimum atomic E-state index is 0.0758. The molecule has 0 bridgehead atoms. The van der Waals surface area contributed by atoms with Crippen LogP contribution in [-0.2, 0) is 23.9 Å². The number of carbonyl (C=O) groups is 3. The minimum absolute atomic E-state index is 0.0758. The number of nitrogens with one attached hydrogen (secondary N) is 1. The van der Waals surface area contributed by atoms with Crippen molar-refractivity contribution in [3.05, 3.63) is 0 Å². The van der Waals surface area contributed by atoms with Gasteiger partial charge in [0, 0.05) is 39.6 Å². The molecule has 0 aromatic carbocycles. The fourth-order valence-corrected chi connectivity index (χ4v) is 1.96. The smallest absolute Gasteiger partial charge is 0.233 e. The van der Waals surface area contributed by atoms with Gasteiger partial charge in [-0.05, 0) is 27.3 Å². The zero-order chi connectivity index (χ0) is 21.8. The summed E-state index contributed by atoms with van der Waals surface area (Å²) in [5.41, 5.74) is 0. The summed E-state index contributed by atoms with van der Waals surface area (Å²) in [6.07, 6.45) is 0.667. The van der Waals surface area contributed by atoms with Crippen molar-refractivity contribution in [3.63, 3.8) is 0 Å². The van der Waals surface area contributed by atoms with E-state index in [4.69, 9.17) is 9.47 Å². The summed E-state index contributed by atoms with van der Waals surface area (Å²) in [5, 5.41) is 2.59. The molecule has 2 fully saturated rings. The highest BCUT2D eigenvalue weighted by Crippen LogP contribution is 1.95. The summed E-state index contributed by atoms with van der Waals surface area (Å²) in [7, 11) is 1.66. The number of hydrogen-bond acceptors (Lipinski definition) is 7. The summed E-state index contributed by atoms with van der Waals surface area (Å²) < 4.78 is 10.3. The van der Waals surface area contributed by atoms with E-state index in [-0.39, 0.29) is 17.5 Å². The van der Waals surface area contributed by atoms with E-state index in [1.165, 1.54) is 20.4 Å². The van der Waals surface area contributed by atoms with Crippen molar-refractivity contribution in [3.8, 4) is 0 Å². The van der Waals surface area contributed by atoms with Crippen LogP contribution in [0.25, 0.3) is 0 Å². The van der Waals surface area contributed by atoms with Gasteiger partial charge in [-0.1, -0.05) is 13.8 Å². The van der Waals surface area contributed by atoms with Gasteiger partial charge in [-0.3, -0.25) is 14.6 Å². The number of rotatable bonds is 4. The summed E-state index contributed by atoms with van der Waals surface area (Å²) in [6.45, 7) is 17.7. The SMILES string of the molecule is CC(C)=O.CCC(C)=O.CCN1CCOCC1.CNC(=O)CN1CCOCC1. The number of morpholine rings is 2. The Labute approximate surface area is 170 Å². The second kappa shape index (κ2) is 20.4. The van der Waals surface area contributed by atoms with Crippen molar-refractivity contribution in [2.45, 2.75) is 41.0 Å². The van der Waals surface area contributed by atoms with Gasteiger partial charge in [0.25, 0.3) is 0 Å². The van der Waals surface area contributed by atoms with E-state index in [0.717, 1.165) is 52.6 Å². The van der Waals surface area contributed by atoms with Crippen LogP contribution in [0.5, 0.6) is 0 Å². The van der Waals surface area contributed by atoms with Gasteiger partial charge in [0.15, 0.2) is 0 Å². The average Bonchev–Trinajstić information content (AvgIpc) is 2.69. The molecule has 166 valence electrons. The number of carbonyl (C=O) groups excluding carboxylic acids is 3. The second-order valence-electron chi connectivity index (χ2n) is 6.57. The van der Waals surface area contributed by atoms with E-state index < -0.39 is 0 Å². The zero-order valence-corrected chi connectivity index (χ0v) is 18.7. The van der Waals surface area contributed by atoms with Crippen molar-refractivity contribution in [2.75, 3.05) is 72.7 Å². The van der Waals surface area contributed by atoms with Crippen LogP contribution in [0, 0.1) is 0 Å². The Hall–Kier alpha value is -1.35. The van der Waals surface area contributed by atoms with E-state index in [2.05, 4.69) is 22.0 Å². The minimum Gasteiger partial charge on any atom is -0.379 e. The first kappa shape index (κ1) is 28.9. The van der Waals surface area contributed by atoms with Crippen LogP contribution in [0.15, 0.2) is 0 Å². The molecule has 1 amide bonds. The molecule has 8 heteroatoms. The molecule has 2 rings (SSSR count). The van der Waals surface area contributed by atoms with Crippen LogP contribution in [0.2, 0.25) is 0 Å². The zero-order valence-electron chi connectivity index (χ0n) is 18.7. The van der Waals surface area contributed by atoms with Gasteiger partial charge >= 0.3 is 0 Å². The van der Waals surface area contributed by atoms with E-state index >= 15 is 0 Å². The lowest BCUT2D eigenvalue weighted by atomic mass is 10.4. The normalized spacial score (nSPS) is 16.8. The largest absolute Gasteiger partial charge is 0.379 e. The molecule has 2 heterocycles. The lowest BCUT2D eigenvalue weighted by Gasteiger charge is -2.25. The number of hydrogen-bond donors (Lipinski definition) is 1. The van der Waals surface area contributed by atoms with Crippen molar-refractivity contribution in [1.82, 2.24) is 15.1 Å². The first-order chi connectivity index (χ1) is 13.3. The number of ether oxygens (including phenoxy) is 2. The highest BCUT2D eigenvalue weighted by atomic mass is 16.5. The third kappa shape index (κ3) is 22.7. The molecule has 0 unspecified atom stereocenters. The summed E-state index contributed by atoms with van der Waals surface area (Å²) in [4.78, 5) is 34.6. The van der Waals surface area contributed by atoms with Gasteiger partial charge in [0.05, 0.1) is 33.0 Å². The fraction of sp³-hybridized carbons (Fsp3) is 0.850. The van der Waals surface area contributed by atoms with Crippen molar-refractivity contribution >= 4 is 17.5 Å². The monoisotopic (exact) mass is 403 g/mol. The van der Waals surface area contributed by atoms with Crippen LogP contribution in [-0.4, -0.2) is 100 Å². The van der Waals surface area contributed by atoms with Crippen LogP contribution in [0.3, 0.4) is 0 Å². The molecule has 2 aliphatic rings. The van der Waals surface area contributed by atoms with Gasteiger partial charge in [-0.25, -0.2) is 0 Å². The number of Topliss-reactive ketones (excluding diaryl/α,β-unsaturated/α-hetero) is 2. The Morgan fingerprint density at radius 1 is 0.821 bits per heavy atom. The first-order valence-corrected chi connectivity index (χ1v) is 10.0. The van der Waals surface area contributed by atoms with Crippen LogP contribution in [0.4, 0.5) is 0 Å². The van der Waals surface area contributed by atoms with Crippen molar-refractivity contribution in [1.29, 1.82) is 0 Å². The number of nitrogens with zero attached hydrogens (tertiary/aromatic N) is 2. The molecular formula is C20H41N3O5.